The summed E-state index contributed by atoms with van der Waals surface area (Å²) in [5.41, 5.74) is 13.4. The normalized spacial score (nSPS) is 13.7. The largest absolute Gasteiger partial charge is 0.277 e. The van der Waals surface area contributed by atoms with Crippen molar-refractivity contribution in [3.8, 4) is 33.9 Å². The number of nitrogens with one attached hydrogen (secondary N) is 1. The molecular weight excluding hydrogens is 554 g/mol. The van der Waals surface area contributed by atoms with Gasteiger partial charge < -0.3 is 0 Å². The Morgan fingerprint density at radius 2 is 1.02 bits per heavy atom. The van der Waals surface area contributed by atoms with Gasteiger partial charge in [0.2, 0.25) is 5.71 Å². The van der Waals surface area contributed by atoms with Crippen LogP contribution in [0.1, 0.15) is 11.4 Å². The Bertz CT molecular complexity index is 2080. The standard InChI is InChI=1S/C38H27N7/c39-37-28(30-18-10-20-35(42-30)33-16-6-8-24-40-33)22-23-29(31-19-11-21-36(43-31)34-17-7-9-25-41-34)38(37)45-44-32-15-5-4-14-27(32)26-12-2-1-3-13-26/h1-25,39,44H/p+1/b39-37?,45-38-. The molecule has 4 aromatic heterocycles. The van der Waals surface area contributed by atoms with Crippen molar-refractivity contribution in [1.82, 2.24) is 19.9 Å². The summed E-state index contributed by atoms with van der Waals surface area (Å²) in [7, 11) is 0. The Kier molecular flexibility index (Phi) is 7.63. The number of hydrogen-bond acceptors (Lipinski definition) is 6. The highest BCUT2D eigenvalue weighted by Gasteiger charge is 2.29. The maximum absolute atomic E-state index is 6.98. The van der Waals surface area contributed by atoms with E-state index in [1.807, 2.05) is 121 Å². The van der Waals surface area contributed by atoms with Crippen molar-refractivity contribution in [2.24, 2.45) is 5.10 Å². The highest BCUT2D eigenvalue weighted by molar-refractivity contribution is 6.68. The Labute approximate surface area is 261 Å². The van der Waals surface area contributed by atoms with Crippen molar-refractivity contribution < 1.29 is 5.41 Å². The third-order valence-electron chi connectivity index (χ3n) is 7.42. The first-order valence-corrected chi connectivity index (χ1v) is 14.6. The van der Waals surface area contributed by atoms with Crippen LogP contribution in [-0.2, 0) is 0 Å². The number of hydrogen-bond donors (Lipinski definition) is 2. The Balaban J connectivity index is 1.32. The summed E-state index contributed by atoms with van der Waals surface area (Å²) in [6.45, 7) is 0. The van der Waals surface area contributed by atoms with Crippen molar-refractivity contribution in [2.75, 3.05) is 5.43 Å². The summed E-state index contributed by atoms with van der Waals surface area (Å²) in [5.74, 6) is 0. The molecule has 2 aromatic carbocycles. The zero-order valence-corrected chi connectivity index (χ0v) is 24.2. The molecule has 45 heavy (non-hydrogen) atoms. The number of rotatable bonds is 7. The number of nitrogens with two attached hydrogens (primary N) is 1. The molecule has 1 aliphatic rings. The number of aromatic nitrogens is 4. The average molecular weight is 583 g/mol. The van der Waals surface area contributed by atoms with Crippen LogP contribution in [0, 0.1) is 0 Å². The van der Waals surface area contributed by atoms with Gasteiger partial charge in [0.15, 0.2) is 5.71 Å². The van der Waals surface area contributed by atoms with Crippen LogP contribution in [0.5, 0.6) is 0 Å². The minimum absolute atomic E-state index is 0.480. The Hall–Kier alpha value is -6.34. The third kappa shape index (κ3) is 5.83. The molecule has 3 N–H and O–H groups in total. The number of benzene rings is 2. The van der Waals surface area contributed by atoms with Gasteiger partial charge in [0, 0.05) is 23.5 Å². The molecule has 0 bridgehead atoms. The molecule has 0 radical (unpaired) electrons. The fourth-order valence-corrected chi connectivity index (χ4v) is 5.21. The van der Waals surface area contributed by atoms with E-state index in [0.717, 1.165) is 62.1 Å². The van der Waals surface area contributed by atoms with Crippen LogP contribution in [0.3, 0.4) is 0 Å². The monoisotopic (exact) mass is 582 g/mol. The van der Waals surface area contributed by atoms with Gasteiger partial charge in [-0.2, -0.15) is 5.10 Å². The van der Waals surface area contributed by atoms with Gasteiger partial charge in [0.1, 0.15) is 0 Å². The SMILES string of the molecule is [NH2+]=C1C(c2cccc(-c3ccccn3)n2)=CC=C(c2cccc(-c3ccccn3)n2)/C1=N/Nc1ccccc1-c1ccccc1. The van der Waals surface area contributed by atoms with Crippen LogP contribution < -0.4 is 10.8 Å². The van der Waals surface area contributed by atoms with Gasteiger partial charge in [-0.1, -0.05) is 72.8 Å². The van der Waals surface area contributed by atoms with E-state index in [-0.39, 0.29) is 0 Å². The second-order valence-corrected chi connectivity index (χ2v) is 10.3. The number of hydrazone groups is 1. The second kappa shape index (κ2) is 12.5. The van der Waals surface area contributed by atoms with E-state index in [9.17, 15) is 0 Å². The number of nitrogens with zero attached hydrogens (tertiary/aromatic N) is 5. The highest BCUT2D eigenvalue weighted by Crippen LogP contribution is 2.30. The molecule has 0 aliphatic heterocycles. The van der Waals surface area contributed by atoms with Gasteiger partial charge in [0.25, 0.3) is 0 Å². The maximum atomic E-state index is 6.98. The topological polar surface area (TPSA) is 102 Å². The lowest BCUT2D eigenvalue weighted by Gasteiger charge is -2.17. The first-order valence-electron chi connectivity index (χ1n) is 14.6. The van der Waals surface area contributed by atoms with Crippen molar-refractivity contribution in [2.45, 2.75) is 0 Å². The Morgan fingerprint density at radius 1 is 0.489 bits per heavy atom. The molecule has 0 saturated carbocycles. The van der Waals surface area contributed by atoms with E-state index in [0.29, 0.717) is 11.4 Å². The summed E-state index contributed by atoms with van der Waals surface area (Å²) in [4.78, 5) is 18.8. The van der Waals surface area contributed by atoms with Crippen LogP contribution in [0.15, 0.2) is 157 Å². The quantitative estimate of drug-likeness (QED) is 0.167. The smallest absolute Gasteiger partial charge is 0.234 e. The van der Waals surface area contributed by atoms with Crippen LogP contribution >= 0.6 is 0 Å². The molecule has 0 amide bonds. The molecule has 0 atom stereocenters. The van der Waals surface area contributed by atoms with Gasteiger partial charge in [-0.15, -0.1) is 0 Å². The minimum atomic E-state index is 0.480. The van der Waals surface area contributed by atoms with Crippen molar-refractivity contribution >= 4 is 28.3 Å². The molecule has 1 aliphatic carbocycles. The van der Waals surface area contributed by atoms with Gasteiger partial charge in [0.05, 0.1) is 45.4 Å². The number of allylic oxidation sites excluding steroid dienone is 4. The second-order valence-electron chi connectivity index (χ2n) is 10.3. The van der Waals surface area contributed by atoms with Gasteiger partial charge in [-0.25, -0.2) is 9.97 Å². The third-order valence-corrected chi connectivity index (χ3v) is 7.42. The summed E-state index contributed by atoms with van der Waals surface area (Å²) >= 11 is 0. The predicted octanol–water partition coefficient (Wildman–Crippen LogP) is 6.42. The predicted molar refractivity (Wildman–Crippen MR) is 181 cm³/mol. The summed E-state index contributed by atoms with van der Waals surface area (Å²) in [6, 6.07) is 41.5. The van der Waals surface area contributed by atoms with Gasteiger partial charge in [-0.05, 0) is 72.3 Å². The van der Waals surface area contributed by atoms with E-state index < -0.39 is 0 Å². The lowest BCUT2D eigenvalue weighted by molar-refractivity contribution is -0.108. The van der Waals surface area contributed by atoms with Crippen molar-refractivity contribution in [3.63, 3.8) is 0 Å². The molecule has 0 fully saturated rings. The van der Waals surface area contributed by atoms with Gasteiger partial charge in [-0.3, -0.25) is 20.8 Å². The first kappa shape index (κ1) is 27.5. The fourth-order valence-electron chi connectivity index (χ4n) is 5.21. The lowest BCUT2D eigenvalue weighted by atomic mass is 9.90. The van der Waals surface area contributed by atoms with Gasteiger partial charge >= 0.3 is 0 Å². The Morgan fingerprint density at radius 3 is 1.67 bits per heavy atom. The molecule has 6 aromatic rings. The van der Waals surface area contributed by atoms with E-state index in [1.165, 1.54) is 0 Å². The van der Waals surface area contributed by atoms with E-state index >= 15 is 0 Å². The highest BCUT2D eigenvalue weighted by atomic mass is 15.3. The molecule has 4 heterocycles. The van der Waals surface area contributed by atoms with Crippen LogP contribution in [0.2, 0.25) is 0 Å². The summed E-state index contributed by atoms with van der Waals surface area (Å²) < 4.78 is 0. The minimum Gasteiger partial charge on any atom is -0.277 e. The van der Waals surface area contributed by atoms with Crippen molar-refractivity contribution in [3.05, 3.63) is 163 Å². The fraction of sp³-hybridized carbons (Fsp3) is 0. The number of anilines is 1. The van der Waals surface area contributed by atoms with Crippen LogP contribution in [0.4, 0.5) is 5.69 Å². The van der Waals surface area contributed by atoms with Crippen molar-refractivity contribution in [1.29, 1.82) is 0 Å². The zero-order valence-electron chi connectivity index (χ0n) is 24.2. The first-order chi connectivity index (χ1) is 22.2. The molecule has 0 saturated heterocycles. The average Bonchev–Trinajstić information content (AvgIpc) is 3.12. The van der Waals surface area contributed by atoms with E-state index in [1.54, 1.807) is 12.4 Å². The molecule has 214 valence electrons. The molecule has 0 unspecified atom stereocenters. The van der Waals surface area contributed by atoms with E-state index in [2.05, 4.69) is 33.6 Å². The summed E-state index contributed by atoms with van der Waals surface area (Å²) in [6.07, 6.45) is 7.49. The van der Waals surface area contributed by atoms with E-state index in [4.69, 9.17) is 20.5 Å². The molecule has 7 nitrogen and oxygen atoms in total. The lowest BCUT2D eigenvalue weighted by Crippen LogP contribution is -2.47. The zero-order chi connectivity index (χ0) is 30.4. The molecule has 7 rings (SSSR count). The van der Waals surface area contributed by atoms with Crippen LogP contribution in [0.25, 0.3) is 45.0 Å². The van der Waals surface area contributed by atoms with Crippen LogP contribution in [-0.4, -0.2) is 31.4 Å². The molecule has 0 spiro atoms. The number of pyridine rings is 4. The number of para-hydroxylation sites is 1. The summed E-state index contributed by atoms with van der Waals surface area (Å²) in [5, 5.41) is 11.9. The maximum Gasteiger partial charge on any atom is 0.234 e. The molecule has 7 heteroatoms. The molecular formula is C38H28N7+.